The van der Waals surface area contributed by atoms with Crippen LogP contribution < -0.4 is 4.72 Å². The third-order valence-corrected chi connectivity index (χ3v) is 4.17. The van der Waals surface area contributed by atoms with Gasteiger partial charge in [0.1, 0.15) is 5.82 Å². The first-order valence-electron chi connectivity index (χ1n) is 6.75. The van der Waals surface area contributed by atoms with Crippen molar-refractivity contribution in [1.29, 1.82) is 0 Å². The molecular formula is C13H11F4N3O5S. The van der Waals surface area contributed by atoms with Gasteiger partial charge in [0, 0.05) is 6.54 Å². The van der Waals surface area contributed by atoms with Crippen LogP contribution in [-0.4, -0.2) is 37.4 Å². The molecule has 1 N–H and O–H groups in total. The highest BCUT2D eigenvalue weighted by Gasteiger charge is 2.38. The molecule has 2 aromatic rings. The predicted octanol–water partition coefficient (Wildman–Crippen LogP) is 1.49. The minimum Gasteiger partial charge on any atom is -0.468 e. The zero-order chi connectivity index (χ0) is 19.5. The lowest BCUT2D eigenvalue weighted by Crippen LogP contribution is -2.30. The Labute approximate surface area is 144 Å². The van der Waals surface area contributed by atoms with Crippen LogP contribution in [-0.2, 0) is 32.3 Å². The summed E-state index contributed by atoms with van der Waals surface area (Å²) in [6.07, 6.45) is -4.86. The van der Waals surface area contributed by atoms with Crippen LogP contribution in [0.2, 0.25) is 0 Å². The molecule has 0 spiro atoms. The van der Waals surface area contributed by atoms with Gasteiger partial charge in [0.25, 0.3) is 0 Å². The highest BCUT2D eigenvalue weighted by atomic mass is 32.2. The molecule has 13 heteroatoms. The molecule has 0 fully saturated rings. The molecule has 2 rings (SSSR count). The molecule has 0 radical (unpaired) electrons. The van der Waals surface area contributed by atoms with Crippen LogP contribution in [0, 0.1) is 5.82 Å². The molecule has 0 bridgehead atoms. The van der Waals surface area contributed by atoms with Gasteiger partial charge in [-0.2, -0.15) is 18.2 Å². The SMILES string of the molecule is COC(=O)CS(=O)(=O)NCc1ccc(-c2noc(C(F)(F)F)n2)c(F)c1. The topological polar surface area (TPSA) is 111 Å². The Kier molecular flexibility index (Phi) is 5.61. The zero-order valence-electron chi connectivity index (χ0n) is 13.0. The van der Waals surface area contributed by atoms with Crippen LogP contribution in [0.3, 0.4) is 0 Å². The summed E-state index contributed by atoms with van der Waals surface area (Å²) in [5, 5.41) is 3.06. The number of halogens is 4. The van der Waals surface area contributed by atoms with E-state index < -0.39 is 45.5 Å². The fourth-order valence-corrected chi connectivity index (χ4v) is 2.67. The van der Waals surface area contributed by atoms with E-state index in [2.05, 4.69) is 24.1 Å². The second-order valence-corrected chi connectivity index (χ2v) is 6.70. The number of benzene rings is 1. The third kappa shape index (κ3) is 4.98. The van der Waals surface area contributed by atoms with Crippen molar-refractivity contribution in [2.75, 3.05) is 12.9 Å². The Morgan fingerprint density at radius 3 is 2.58 bits per heavy atom. The summed E-state index contributed by atoms with van der Waals surface area (Å²) >= 11 is 0. The number of nitrogens with one attached hydrogen (secondary N) is 1. The fraction of sp³-hybridized carbons (Fsp3) is 0.308. The molecule has 0 aliphatic carbocycles. The first-order chi connectivity index (χ1) is 12.0. The molecule has 0 saturated carbocycles. The minimum atomic E-state index is -4.86. The van der Waals surface area contributed by atoms with Gasteiger partial charge in [-0.25, -0.2) is 17.5 Å². The number of carbonyl (C=O) groups is 1. The van der Waals surface area contributed by atoms with Crippen molar-refractivity contribution in [3.8, 4) is 11.4 Å². The van der Waals surface area contributed by atoms with E-state index in [4.69, 9.17) is 0 Å². The first-order valence-corrected chi connectivity index (χ1v) is 8.41. The zero-order valence-corrected chi connectivity index (χ0v) is 13.8. The Morgan fingerprint density at radius 2 is 2.04 bits per heavy atom. The maximum Gasteiger partial charge on any atom is 0.471 e. The Bertz CT molecular complexity index is 911. The number of nitrogens with zero attached hydrogens (tertiary/aromatic N) is 2. The van der Waals surface area contributed by atoms with E-state index in [0.29, 0.717) is 0 Å². The third-order valence-electron chi connectivity index (χ3n) is 2.97. The highest BCUT2D eigenvalue weighted by molar-refractivity contribution is 7.90. The number of esters is 1. The number of hydrogen-bond donors (Lipinski definition) is 1. The van der Waals surface area contributed by atoms with Crippen molar-refractivity contribution < 1.29 is 40.0 Å². The van der Waals surface area contributed by atoms with E-state index in [-0.39, 0.29) is 17.7 Å². The second-order valence-electron chi connectivity index (χ2n) is 4.89. The molecule has 1 heterocycles. The molecule has 0 unspecified atom stereocenters. The molecule has 0 amide bonds. The van der Waals surface area contributed by atoms with Gasteiger partial charge in [-0.1, -0.05) is 11.2 Å². The average molecular weight is 397 g/mol. The highest BCUT2D eigenvalue weighted by Crippen LogP contribution is 2.30. The van der Waals surface area contributed by atoms with Crippen LogP contribution >= 0.6 is 0 Å². The maximum absolute atomic E-state index is 14.1. The molecule has 0 atom stereocenters. The van der Waals surface area contributed by atoms with E-state index in [1.54, 1.807) is 0 Å². The summed E-state index contributed by atoms with van der Waals surface area (Å²) in [4.78, 5) is 14.0. The number of sulfonamides is 1. The van der Waals surface area contributed by atoms with E-state index in [1.807, 2.05) is 0 Å². The Morgan fingerprint density at radius 1 is 1.35 bits per heavy atom. The number of rotatable bonds is 6. The number of hydrogen-bond acceptors (Lipinski definition) is 7. The minimum absolute atomic E-state index is 0.152. The Balaban J connectivity index is 2.12. The van der Waals surface area contributed by atoms with Gasteiger partial charge in [-0.15, -0.1) is 0 Å². The lowest BCUT2D eigenvalue weighted by Gasteiger charge is -2.07. The summed E-state index contributed by atoms with van der Waals surface area (Å²) < 4.78 is 84.8. The number of aromatic nitrogens is 2. The Hall–Kier alpha value is -2.54. The van der Waals surface area contributed by atoms with Gasteiger partial charge >= 0.3 is 18.0 Å². The summed E-state index contributed by atoms with van der Waals surface area (Å²) in [5.41, 5.74) is -0.204. The molecule has 0 saturated heterocycles. The van der Waals surface area contributed by atoms with E-state index in [1.165, 1.54) is 6.07 Å². The van der Waals surface area contributed by atoms with Gasteiger partial charge in [0.15, 0.2) is 5.75 Å². The van der Waals surface area contributed by atoms with Crippen molar-refractivity contribution in [3.05, 3.63) is 35.5 Å². The summed E-state index contributed by atoms with van der Waals surface area (Å²) in [7, 11) is -2.97. The molecule has 142 valence electrons. The largest absolute Gasteiger partial charge is 0.471 e. The van der Waals surface area contributed by atoms with Crippen molar-refractivity contribution in [2.45, 2.75) is 12.7 Å². The molecule has 26 heavy (non-hydrogen) atoms. The monoisotopic (exact) mass is 397 g/mol. The summed E-state index contributed by atoms with van der Waals surface area (Å²) in [5.74, 6) is -5.09. The molecular weight excluding hydrogens is 386 g/mol. The van der Waals surface area contributed by atoms with Gasteiger partial charge in [-0.3, -0.25) is 4.79 Å². The normalized spacial score (nSPS) is 12.2. The second kappa shape index (κ2) is 7.37. The van der Waals surface area contributed by atoms with Gasteiger partial charge in [-0.05, 0) is 17.7 Å². The average Bonchev–Trinajstić information content (AvgIpc) is 3.02. The van der Waals surface area contributed by atoms with Crippen LogP contribution in [0.25, 0.3) is 11.4 Å². The van der Waals surface area contributed by atoms with Gasteiger partial charge in [0.05, 0.1) is 12.7 Å². The molecule has 0 aliphatic rings. The van der Waals surface area contributed by atoms with Crippen LogP contribution in [0.5, 0.6) is 0 Å². The molecule has 8 nitrogen and oxygen atoms in total. The molecule has 0 aliphatic heterocycles. The smallest absolute Gasteiger partial charge is 0.468 e. The quantitative estimate of drug-likeness (QED) is 0.581. The van der Waals surface area contributed by atoms with Crippen molar-refractivity contribution in [1.82, 2.24) is 14.9 Å². The van der Waals surface area contributed by atoms with Crippen LogP contribution in [0.1, 0.15) is 11.5 Å². The lowest BCUT2D eigenvalue weighted by atomic mass is 10.1. The fourth-order valence-electron chi connectivity index (χ4n) is 1.76. The maximum atomic E-state index is 14.1. The number of carbonyl (C=O) groups excluding carboxylic acids is 1. The number of alkyl halides is 3. The lowest BCUT2D eigenvalue weighted by molar-refractivity contribution is -0.159. The van der Waals surface area contributed by atoms with Crippen molar-refractivity contribution in [2.24, 2.45) is 0 Å². The molecule has 1 aromatic carbocycles. The summed E-state index contributed by atoms with van der Waals surface area (Å²) in [6, 6.07) is 3.21. The van der Waals surface area contributed by atoms with Gasteiger partial charge in [0.2, 0.25) is 15.8 Å². The standard InChI is InChI=1S/C13H11F4N3O5S/c1-24-10(21)6-26(22,23)18-5-7-2-3-8(9(14)4-7)11-19-12(25-20-11)13(15,16)17/h2-4,18H,5-6H2,1H3. The van der Waals surface area contributed by atoms with Crippen molar-refractivity contribution in [3.63, 3.8) is 0 Å². The number of methoxy groups -OCH3 is 1. The number of ether oxygens (including phenoxy) is 1. The van der Waals surface area contributed by atoms with Crippen molar-refractivity contribution >= 4 is 16.0 Å². The van der Waals surface area contributed by atoms with E-state index >= 15 is 0 Å². The molecule has 1 aromatic heterocycles. The predicted molar refractivity (Wildman–Crippen MR) is 77.3 cm³/mol. The first kappa shape index (κ1) is 19.8. The van der Waals surface area contributed by atoms with E-state index in [9.17, 15) is 30.8 Å². The van der Waals surface area contributed by atoms with E-state index in [0.717, 1.165) is 19.2 Å². The summed E-state index contributed by atoms with van der Waals surface area (Å²) in [6.45, 7) is -0.351. The van der Waals surface area contributed by atoms with Crippen LogP contribution in [0.15, 0.2) is 22.7 Å². The van der Waals surface area contributed by atoms with Gasteiger partial charge < -0.3 is 9.26 Å². The van der Waals surface area contributed by atoms with Crippen LogP contribution in [0.4, 0.5) is 17.6 Å².